The van der Waals surface area contributed by atoms with Crippen LogP contribution in [0.4, 0.5) is 8.78 Å². The lowest BCUT2D eigenvalue weighted by Crippen LogP contribution is -2.30. The molecule has 1 unspecified atom stereocenters. The van der Waals surface area contributed by atoms with Crippen molar-refractivity contribution in [1.82, 2.24) is 5.32 Å². The van der Waals surface area contributed by atoms with Gasteiger partial charge in [-0.2, -0.15) is 0 Å². The summed E-state index contributed by atoms with van der Waals surface area (Å²) in [6, 6.07) is 4.52. The summed E-state index contributed by atoms with van der Waals surface area (Å²) in [6.07, 6.45) is 0.654. The number of halogens is 3. The molecule has 1 fully saturated rings. The molecule has 94 valence electrons. The first-order chi connectivity index (χ1) is 8.16. The maximum atomic E-state index is 12.6. The van der Waals surface area contributed by atoms with Crippen molar-refractivity contribution in [2.24, 2.45) is 5.92 Å². The monoisotopic (exact) mass is 259 g/mol. The summed E-state index contributed by atoms with van der Waals surface area (Å²) in [4.78, 5) is 0. The fourth-order valence-electron chi connectivity index (χ4n) is 2.30. The van der Waals surface area contributed by atoms with E-state index in [1.165, 1.54) is 6.07 Å². The van der Waals surface area contributed by atoms with Gasteiger partial charge in [0, 0.05) is 10.6 Å². The van der Waals surface area contributed by atoms with E-state index in [9.17, 15) is 8.78 Å². The highest BCUT2D eigenvalue weighted by atomic mass is 35.5. The van der Waals surface area contributed by atoms with Crippen molar-refractivity contribution in [3.63, 3.8) is 0 Å². The summed E-state index contributed by atoms with van der Waals surface area (Å²) in [7, 11) is 0. The second-order valence-electron chi connectivity index (χ2n) is 4.57. The predicted molar refractivity (Wildman–Crippen MR) is 65.7 cm³/mol. The molecule has 0 spiro atoms. The summed E-state index contributed by atoms with van der Waals surface area (Å²) in [5.41, 5.74) is 0.909. The lowest BCUT2D eigenvalue weighted by Gasteiger charge is -2.23. The van der Waals surface area contributed by atoms with Gasteiger partial charge in [-0.25, -0.2) is 8.78 Å². The van der Waals surface area contributed by atoms with Crippen LogP contribution in [0, 0.1) is 5.92 Å². The molecule has 1 aliphatic rings. The Kier molecular flexibility index (Phi) is 4.35. The fraction of sp³-hybridized carbons (Fsp3) is 0.538. The molecule has 0 aromatic heterocycles. The van der Waals surface area contributed by atoms with Gasteiger partial charge in [0.2, 0.25) is 0 Å². The van der Waals surface area contributed by atoms with Crippen molar-refractivity contribution in [2.45, 2.75) is 25.7 Å². The lowest BCUT2D eigenvalue weighted by molar-refractivity contribution is 0.151. The summed E-state index contributed by atoms with van der Waals surface area (Å²) < 4.78 is 25.2. The average molecular weight is 260 g/mol. The Morgan fingerprint density at radius 1 is 1.41 bits per heavy atom. The van der Waals surface area contributed by atoms with E-state index in [4.69, 9.17) is 11.6 Å². The smallest absolute Gasteiger partial charge is 0.263 e. The van der Waals surface area contributed by atoms with Crippen LogP contribution in [-0.4, -0.2) is 13.1 Å². The van der Waals surface area contributed by atoms with Crippen LogP contribution in [0.2, 0.25) is 5.02 Å². The molecular weight excluding hydrogens is 244 g/mol. The summed E-state index contributed by atoms with van der Waals surface area (Å²) in [5.74, 6) is 0.508. The summed E-state index contributed by atoms with van der Waals surface area (Å²) >= 11 is 6.05. The zero-order valence-electron chi connectivity index (χ0n) is 9.56. The second-order valence-corrected chi connectivity index (χ2v) is 4.98. The Hall–Kier alpha value is -0.670. The molecule has 0 amide bonds. The Bertz CT molecular complexity index is 376. The van der Waals surface area contributed by atoms with Gasteiger partial charge in [0.1, 0.15) is 0 Å². The summed E-state index contributed by atoms with van der Waals surface area (Å²) in [6.45, 7) is 2.01. The zero-order valence-corrected chi connectivity index (χ0v) is 10.3. The Balaban J connectivity index is 2.10. The Morgan fingerprint density at radius 2 is 2.24 bits per heavy atom. The third-order valence-electron chi connectivity index (χ3n) is 3.23. The highest BCUT2D eigenvalue weighted by molar-refractivity contribution is 6.31. The molecule has 1 heterocycles. The van der Waals surface area contributed by atoms with Crippen LogP contribution in [0.1, 0.15) is 30.4 Å². The Morgan fingerprint density at radius 3 is 2.88 bits per heavy atom. The third kappa shape index (κ3) is 3.39. The van der Waals surface area contributed by atoms with Gasteiger partial charge in [0.15, 0.2) is 0 Å². The molecule has 2 rings (SSSR count). The van der Waals surface area contributed by atoms with Gasteiger partial charge in [-0.1, -0.05) is 17.7 Å². The van der Waals surface area contributed by atoms with Crippen LogP contribution in [0.25, 0.3) is 0 Å². The van der Waals surface area contributed by atoms with Crippen molar-refractivity contribution in [3.8, 4) is 0 Å². The van der Waals surface area contributed by atoms with E-state index in [-0.39, 0.29) is 5.56 Å². The topological polar surface area (TPSA) is 12.0 Å². The van der Waals surface area contributed by atoms with Crippen LogP contribution < -0.4 is 5.32 Å². The molecule has 4 heteroatoms. The van der Waals surface area contributed by atoms with E-state index in [1.54, 1.807) is 12.1 Å². The molecule has 17 heavy (non-hydrogen) atoms. The number of rotatable bonds is 3. The molecule has 1 saturated heterocycles. The molecule has 1 atom stereocenters. The molecule has 1 nitrogen and oxygen atoms in total. The molecule has 1 N–H and O–H groups in total. The van der Waals surface area contributed by atoms with Crippen molar-refractivity contribution in [2.75, 3.05) is 13.1 Å². The first-order valence-electron chi connectivity index (χ1n) is 5.94. The summed E-state index contributed by atoms with van der Waals surface area (Å²) in [5, 5.41) is 3.92. The van der Waals surface area contributed by atoms with Gasteiger partial charge in [-0.3, -0.25) is 0 Å². The Labute approximate surface area is 105 Å². The van der Waals surface area contributed by atoms with Gasteiger partial charge >= 0.3 is 0 Å². The van der Waals surface area contributed by atoms with E-state index in [0.29, 0.717) is 10.9 Å². The lowest BCUT2D eigenvalue weighted by atomic mass is 9.92. The van der Waals surface area contributed by atoms with Crippen molar-refractivity contribution in [1.29, 1.82) is 0 Å². The van der Waals surface area contributed by atoms with Crippen LogP contribution in [0.5, 0.6) is 0 Å². The molecule has 1 aromatic carbocycles. The SMILES string of the molecule is FC(F)c1ccc(Cl)c(CC2CCCNC2)c1. The first-order valence-corrected chi connectivity index (χ1v) is 6.32. The minimum atomic E-state index is -2.42. The van der Waals surface area contributed by atoms with Crippen LogP contribution in [-0.2, 0) is 6.42 Å². The standard InChI is InChI=1S/C13H16ClF2N/c14-12-4-3-10(13(15)16)7-11(12)6-9-2-1-5-17-8-9/h3-4,7,9,13,17H,1-2,5-6,8H2. The minimum Gasteiger partial charge on any atom is -0.316 e. The van der Waals surface area contributed by atoms with Gasteiger partial charge in [0.05, 0.1) is 0 Å². The number of piperidine rings is 1. The largest absolute Gasteiger partial charge is 0.316 e. The second kappa shape index (κ2) is 5.78. The van der Waals surface area contributed by atoms with E-state index in [0.717, 1.165) is 37.9 Å². The minimum absolute atomic E-state index is 0.0631. The van der Waals surface area contributed by atoms with Crippen molar-refractivity contribution >= 4 is 11.6 Å². The third-order valence-corrected chi connectivity index (χ3v) is 3.60. The van der Waals surface area contributed by atoms with Crippen LogP contribution in [0.15, 0.2) is 18.2 Å². The van der Waals surface area contributed by atoms with Gasteiger partial charge in [-0.15, -0.1) is 0 Å². The maximum Gasteiger partial charge on any atom is 0.263 e. The molecule has 0 aliphatic carbocycles. The molecule has 1 aromatic rings. The van der Waals surface area contributed by atoms with E-state index >= 15 is 0 Å². The fourth-order valence-corrected chi connectivity index (χ4v) is 2.49. The zero-order chi connectivity index (χ0) is 12.3. The number of nitrogens with one attached hydrogen (secondary N) is 1. The normalized spacial score (nSPS) is 20.8. The van der Waals surface area contributed by atoms with E-state index < -0.39 is 6.43 Å². The van der Waals surface area contributed by atoms with E-state index in [1.807, 2.05) is 0 Å². The maximum absolute atomic E-state index is 12.6. The molecule has 0 bridgehead atoms. The number of hydrogen-bond donors (Lipinski definition) is 1. The number of alkyl halides is 2. The van der Waals surface area contributed by atoms with Gasteiger partial charge in [-0.05, 0) is 56.0 Å². The van der Waals surface area contributed by atoms with Crippen LogP contribution in [0.3, 0.4) is 0 Å². The molecular formula is C13H16ClF2N. The molecule has 1 aliphatic heterocycles. The highest BCUT2D eigenvalue weighted by Crippen LogP contribution is 2.27. The van der Waals surface area contributed by atoms with E-state index in [2.05, 4.69) is 5.32 Å². The van der Waals surface area contributed by atoms with Crippen molar-refractivity contribution < 1.29 is 8.78 Å². The quantitative estimate of drug-likeness (QED) is 0.870. The average Bonchev–Trinajstić information content (AvgIpc) is 2.33. The number of hydrogen-bond acceptors (Lipinski definition) is 1. The molecule has 0 saturated carbocycles. The van der Waals surface area contributed by atoms with Crippen LogP contribution >= 0.6 is 11.6 Å². The molecule has 0 radical (unpaired) electrons. The van der Waals surface area contributed by atoms with Gasteiger partial charge in [0.25, 0.3) is 6.43 Å². The highest BCUT2D eigenvalue weighted by Gasteiger charge is 2.16. The van der Waals surface area contributed by atoms with Crippen molar-refractivity contribution in [3.05, 3.63) is 34.3 Å². The first kappa shape index (κ1) is 12.8. The number of benzene rings is 1. The predicted octanol–water partition coefficient (Wildman–Crippen LogP) is 3.82. The van der Waals surface area contributed by atoms with Gasteiger partial charge < -0.3 is 5.32 Å².